The zero-order chi connectivity index (χ0) is 15.1. The number of rotatable bonds is 7. The van der Waals surface area contributed by atoms with E-state index < -0.39 is 12.1 Å². The first kappa shape index (κ1) is 16.5. The molecule has 0 spiro atoms. The molecular weight excluding hydrogens is 330 g/mol. The predicted molar refractivity (Wildman–Crippen MR) is 75.6 cm³/mol. The number of aliphatic hydroxyl groups is 1. The molecule has 1 amide bonds. The van der Waals surface area contributed by atoms with Crippen LogP contribution in [0, 0.1) is 6.92 Å². The van der Waals surface area contributed by atoms with Crippen LogP contribution in [-0.4, -0.2) is 41.3 Å². The van der Waals surface area contributed by atoms with Crippen LogP contribution in [0.5, 0.6) is 5.75 Å². The maximum atomic E-state index is 11.5. The molecule has 1 aromatic rings. The number of carbonyl (C=O) groups excluding carboxylic acids is 1. The summed E-state index contributed by atoms with van der Waals surface area (Å²) in [5, 5.41) is 19.9. The summed E-state index contributed by atoms with van der Waals surface area (Å²) in [4.78, 5) is 21.8. The molecule has 0 saturated carbocycles. The number of aliphatic hydroxyl groups excluding tert-OH is 1. The lowest BCUT2D eigenvalue weighted by Gasteiger charge is -2.10. The second-order valence-corrected chi connectivity index (χ2v) is 5.07. The molecule has 0 aromatic heterocycles. The zero-order valence-corrected chi connectivity index (χ0v) is 12.5. The molecule has 1 aromatic carbocycles. The highest BCUT2D eigenvalue weighted by Gasteiger charge is 2.13. The molecule has 1 atom stereocenters. The number of amides is 1. The van der Waals surface area contributed by atoms with Gasteiger partial charge >= 0.3 is 5.97 Å². The van der Waals surface area contributed by atoms with Gasteiger partial charge in [-0.15, -0.1) is 0 Å². The van der Waals surface area contributed by atoms with E-state index in [0.29, 0.717) is 5.75 Å². The number of aliphatic carboxylic acids is 1. The highest BCUT2D eigenvalue weighted by molar-refractivity contribution is 9.10. The fraction of sp³-hybridized carbons (Fsp3) is 0.385. The second kappa shape index (κ2) is 7.86. The van der Waals surface area contributed by atoms with Crippen molar-refractivity contribution in [3.05, 3.63) is 28.2 Å². The largest absolute Gasteiger partial charge is 0.483 e. The number of ether oxygens (including phenoxy) is 1. The van der Waals surface area contributed by atoms with E-state index in [0.717, 1.165) is 10.0 Å². The van der Waals surface area contributed by atoms with Gasteiger partial charge in [0.2, 0.25) is 0 Å². The molecule has 3 N–H and O–H groups in total. The van der Waals surface area contributed by atoms with Crippen LogP contribution in [0.25, 0.3) is 0 Å². The van der Waals surface area contributed by atoms with Gasteiger partial charge in [0.15, 0.2) is 12.7 Å². The Hall–Kier alpha value is -1.60. The standard InChI is InChI=1S/C13H16BrNO5/c1-8-2-3-11(9(14)6-8)20-7-12(17)15-5-4-10(16)13(18)19/h2-3,6,10,16H,4-5,7H2,1H3,(H,15,17)(H,18,19)/t10-/m0/s1. The average molecular weight is 346 g/mol. The van der Waals surface area contributed by atoms with Gasteiger partial charge in [0.05, 0.1) is 4.47 Å². The van der Waals surface area contributed by atoms with Crippen molar-refractivity contribution < 1.29 is 24.5 Å². The van der Waals surface area contributed by atoms with E-state index in [4.69, 9.17) is 14.9 Å². The summed E-state index contributed by atoms with van der Waals surface area (Å²) < 4.78 is 6.08. The Labute approximate surface area is 124 Å². The molecule has 20 heavy (non-hydrogen) atoms. The van der Waals surface area contributed by atoms with Gasteiger partial charge in [-0.05, 0) is 40.5 Å². The fourth-order valence-corrected chi connectivity index (χ4v) is 2.00. The maximum Gasteiger partial charge on any atom is 0.332 e. The fourth-order valence-electron chi connectivity index (χ4n) is 1.39. The Morgan fingerprint density at radius 2 is 2.15 bits per heavy atom. The lowest BCUT2D eigenvalue weighted by molar-refractivity contribution is -0.147. The molecule has 0 heterocycles. The van der Waals surface area contributed by atoms with E-state index in [2.05, 4.69) is 21.2 Å². The van der Waals surface area contributed by atoms with Crippen LogP contribution in [0.3, 0.4) is 0 Å². The van der Waals surface area contributed by atoms with Crippen molar-refractivity contribution in [2.75, 3.05) is 13.2 Å². The summed E-state index contributed by atoms with van der Waals surface area (Å²) in [7, 11) is 0. The van der Waals surface area contributed by atoms with E-state index in [1.807, 2.05) is 19.1 Å². The smallest absolute Gasteiger partial charge is 0.332 e. The molecule has 7 heteroatoms. The van der Waals surface area contributed by atoms with E-state index in [-0.39, 0.29) is 25.5 Å². The third-order valence-electron chi connectivity index (χ3n) is 2.47. The van der Waals surface area contributed by atoms with Gasteiger partial charge in [0.25, 0.3) is 5.91 Å². The third kappa shape index (κ3) is 5.58. The first-order chi connectivity index (χ1) is 9.40. The first-order valence-corrected chi connectivity index (χ1v) is 6.76. The number of aryl methyl sites for hydroxylation is 1. The summed E-state index contributed by atoms with van der Waals surface area (Å²) in [6.07, 6.45) is -1.52. The summed E-state index contributed by atoms with van der Waals surface area (Å²) in [5.41, 5.74) is 1.07. The van der Waals surface area contributed by atoms with E-state index in [1.54, 1.807) is 6.07 Å². The normalized spacial score (nSPS) is 11.8. The average Bonchev–Trinajstić information content (AvgIpc) is 2.37. The van der Waals surface area contributed by atoms with E-state index in [1.165, 1.54) is 0 Å². The zero-order valence-electron chi connectivity index (χ0n) is 10.9. The minimum atomic E-state index is -1.47. The van der Waals surface area contributed by atoms with Gasteiger partial charge in [-0.3, -0.25) is 4.79 Å². The molecule has 0 radical (unpaired) electrons. The van der Waals surface area contributed by atoms with Crippen molar-refractivity contribution in [1.82, 2.24) is 5.32 Å². The number of hydrogen-bond acceptors (Lipinski definition) is 4. The minimum Gasteiger partial charge on any atom is -0.483 e. The predicted octanol–water partition coefficient (Wildman–Crippen LogP) is 1.09. The van der Waals surface area contributed by atoms with Crippen LogP contribution in [-0.2, 0) is 9.59 Å². The molecule has 1 rings (SSSR count). The monoisotopic (exact) mass is 345 g/mol. The summed E-state index contributed by atoms with van der Waals surface area (Å²) >= 11 is 3.33. The summed E-state index contributed by atoms with van der Waals surface area (Å²) in [5.74, 6) is -1.13. The highest BCUT2D eigenvalue weighted by atomic mass is 79.9. The highest BCUT2D eigenvalue weighted by Crippen LogP contribution is 2.25. The third-order valence-corrected chi connectivity index (χ3v) is 3.09. The Morgan fingerprint density at radius 1 is 1.45 bits per heavy atom. The molecule has 0 fully saturated rings. The van der Waals surface area contributed by atoms with Crippen LogP contribution < -0.4 is 10.1 Å². The number of carbonyl (C=O) groups is 2. The molecule has 0 aliphatic rings. The Bertz CT molecular complexity index is 492. The number of halogens is 1. The second-order valence-electron chi connectivity index (χ2n) is 4.22. The SMILES string of the molecule is Cc1ccc(OCC(=O)NCC[C@H](O)C(=O)O)c(Br)c1. The molecular formula is C13H16BrNO5. The van der Waals surface area contributed by atoms with Gasteiger partial charge in [-0.1, -0.05) is 6.07 Å². The number of hydrogen-bond donors (Lipinski definition) is 3. The van der Waals surface area contributed by atoms with Crippen molar-refractivity contribution in [3.63, 3.8) is 0 Å². The topological polar surface area (TPSA) is 95.9 Å². The Balaban J connectivity index is 2.31. The molecule has 0 saturated heterocycles. The molecule has 6 nitrogen and oxygen atoms in total. The number of nitrogens with one attached hydrogen (secondary N) is 1. The lowest BCUT2D eigenvalue weighted by atomic mass is 10.2. The van der Waals surface area contributed by atoms with Crippen LogP contribution in [0.2, 0.25) is 0 Å². The first-order valence-electron chi connectivity index (χ1n) is 5.96. The summed E-state index contributed by atoms with van der Waals surface area (Å²) in [6.45, 7) is 1.84. The van der Waals surface area contributed by atoms with Crippen molar-refractivity contribution >= 4 is 27.8 Å². The van der Waals surface area contributed by atoms with E-state index >= 15 is 0 Å². The van der Waals surface area contributed by atoms with Crippen molar-refractivity contribution in [1.29, 1.82) is 0 Å². The van der Waals surface area contributed by atoms with Gasteiger partial charge in [-0.2, -0.15) is 0 Å². The van der Waals surface area contributed by atoms with Gasteiger partial charge in [0, 0.05) is 13.0 Å². The van der Waals surface area contributed by atoms with Crippen LogP contribution in [0.1, 0.15) is 12.0 Å². The van der Waals surface area contributed by atoms with Crippen molar-refractivity contribution in [2.24, 2.45) is 0 Å². The number of carboxylic acids is 1. The Morgan fingerprint density at radius 3 is 2.75 bits per heavy atom. The molecule has 0 unspecified atom stereocenters. The lowest BCUT2D eigenvalue weighted by Crippen LogP contribution is -2.33. The molecule has 110 valence electrons. The van der Waals surface area contributed by atoms with Crippen molar-refractivity contribution in [3.8, 4) is 5.75 Å². The van der Waals surface area contributed by atoms with E-state index in [9.17, 15) is 9.59 Å². The molecule has 0 aliphatic carbocycles. The number of benzene rings is 1. The van der Waals surface area contributed by atoms with Gasteiger partial charge in [-0.25, -0.2) is 4.79 Å². The minimum absolute atomic E-state index is 0.0463. The van der Waals surface area contributed by atoms with Gasteiger partial charge < -0.3 is 20.3 Å². The molecule has 0 bridgehead atoms. The quantitative estimate of drug-likeness (QED) is 0.687. The van der Waals surface area contributed by atoms with Crippen LogP contribution in [0.15, 0.2) is 22.7 Å². The molecule has 0 aliphatic heterocycles. The van der Waals surface area contributed by atoms with Crippen LogP contribution in [0.4, 0.5) is 0 Å². The van der Waals surface area contributed by atoms with Gasteiger partial charge in [0.1, 0.15) is 5.75 Å². The van der Waals surface area contributed by atoms with Crippen LogP contribution >= 0.6 is 15.9 Å². The number of carboxylic acid groups (broad SMARTS) is 1. The maximum absolute atomic E-state index is 11.5. The Kier molecular flexibility index (Phi) is 6.47. The van der Waals surface area contributed by atoms with Crippen molar-refractivity contribution in [2.45, 2.75) is 19.4 Å². The summed E-state index contributed by atoms with van der Waals surface area (Å²) in [6, 6.07) is 5.48.